The highest BCUT2D eigenvalue weighted by atomic mass is 32.1. The van der Waals surface area contributed by atoms with E-state index in [-0.39, 0.29) is 0 Å². The van der Waals surface area contributed by atoms with Crippen molar-refractivity contribution in [2.45, 2.75) is 19.9 Å². The molecule has 0 saturated carbocycles. The molecule has 0 aliphatic rings. The highest BCUT2D eigenvalue weighted by molar-refractivity contribution is 7.13. The second kappa shape index (κ2) is 9.00. The van der Waals surface area contributed by atoms with E-state index in [1.807, 2.05) is 41.3 Å². The molecule has 0 bridgehead atoms. The van der Waals surface area contributed by atoms with E-state index in [1.165, 1.54) is 11.3 Å². The van der Waals surface area contributed by atoms with Gasteiger partial charge in [-0.25, -0.2) is 9.97 Å². The molecule has 2 heterocycles. The van der Waals surface area contributed by atoms with Gasteiger partial charge in [-0.05, 0) is 25.5 Å². The molecule has 136 valence electrons. The number of nitrogens with one attached hydrogen (secondary N) is 1. The third-order valence-corrected chi connectivity index (χ3v) is 4.44. The SMILES string of the molecule is COc1cccc(C=NNc2nc(C)cs2)c1OCCCn1ccnc1. The van der Waals surface area contributed by atoms with E-state index in [9.17, 15) is 0 Å². The molecule has 0 radical (unpaired) electrons. The number of benzene rings is 1. The Morgan fingerprint density at radius 3 is 3.04 bits per heavy atom. The van der Waals surface area contributed by atoms with Crippen molar-refractivity contribution in [2.75, 3.05) is 19.1 Å². The summed E-state index contributed by atoms with van der Waals surface area (Å²) >= 11 is 1.51. The van der Waals surface area contributed by atoms with Crippen molar-refractivity contribution in [3.05, 3.63) is 53.6 Å². The van der Waals surface area contributed by atoms with Gasteiger partial charge in [-0.2, -0.15) is 5.10 Å². The molecule has 7 nitrogen and oxygen atoms in total. The van der Waals surface area contributed by atoms with Crippen molar-refractivity contribution in [1.29, 1.82) is 0 Å². The van der Waals surface area contributed by atoms with Gasteiger partial charge < -0.3 is 14.0 Å². The van der Waals surface area contributed by atoms with Crippen LogP contribution in [0.25, 0.3) is 0 Å². The zero-order chi connectivity index (χ0) is 18.2. The zero-order valence-electron chi connectivity index (χ0n) is 14.8. The van der Waals surface area contributed by atoms with Gasteiger partial charge in [-0.15, -0.1) is 11.3 Å². The number of ether oxygens (including phenoxy) is 2. The number of imidazole rings is 1. The average molecular weight is 371 g/mol. The molecule has 0 aliphatic carbocycles. The van der Waals surface area contributed by atoms with Crippen molar-refractivity contribution in [3.63, 3.8) is 0 Å². The van der Waals surface area contributed by atoms with Gasteiger partial charge in [0.05, 0.1) is 32.0 Å². The van der Waals surface area contributed by atoms with Crippen molar-refractivity contribution < 1.29 is 9.47 Å². The molecule has 0 saturated heterocycles. The molecule has 1 aromatic carbocycles. The van der Waals surface area contributed by atoms with E-state index in [2.05, 4.69) is 20.5 Å². The standard InChI is InChI=1S/C18H21N5O2S/c1-14-12-26-18(21-14)22-20-11-15-5-3-6-16(24-2)17(15)25-10-4-8-23-9-7-19-13-23/h3,5-7,9,11-13H,4,8,10H2,1-2H3,(H,21,22). The molecule has 2 aromatic heterocycles. The molecule has 3 aromatic rings. The zero-order valence-corrected chi connectivity index (χ0v) is 15.6. The molecule has 0 spiro atoms. The highest BCUT2D eigenvalue weighted by Crippen LogP contribution is 2.30. The molecule has 8 heteroatoms. The summed E-state index contributed by atoms with van der Waals surface area (Å²) < 4.78 is 13.4. The van der Waals surface area contributed by atoms with E-state index >= 15 is 0 Å². The number of nitrogens with zero attached hydrogens (tertiary/aromatic N) is 4. The summed E-state index contributed by atoms with van der Waals surface area (Å²) in [6.07, 6.45) is 8.08. The number of thiazole rings is 1. The van der Waals surface area contributed by atoms with Crippen LogP contribution in [0, 0.1) is 6.92 Å². The van der Waals surface area contributed by atoms with Gasteiger partial charge in [0.2, 0.25) is 5.13 Å². The molecular weight excluding hydrogens is 350 g/mol. The fourth-order valence-electron chi connectivity index (χ4n) is 2.35. The number of hydrogen-bond acceptors (Lipinski definition) is 7. The average Bonchev–Trinajstić information content (AvgIpc) is 3.31. The summed E-state index contributed by atoms with van der Waals surface area (Å²) in [6.45, 7) is 3.37. The van der Waals surface area contributed by atoms with E-state index in [4.69, 9.17) is 9.47 Å². The molecule has 0 unspecified atom stereocenters. The van der Waals surface area contributed by atoms with Crippen LogP contribution in [0.15, 0.2) is 47.4 Å². The van der Waals surface area contributed by atoms with Crippen LogP contribution in [-0.4, -0.2) is 34.5 Å². The number of anilines is 1. The quantitative estimate of drug-likeness (QED) is 0.354. The predicted octanol–water partition coefficient (Wildman–Crippen LogP) is 3.57. The summed E-state index contributed by atoms with van der Waals surface area (Å²) in [6, 6.07) is 5.72. The van der Waals surface area contributed by atoms with Crippen LogP contribution in [0.4, 0.5) is 5.13 Å². The fourth-order valence-corrected chi connectivity index (χ4v) is 2.99. The lowest BCUT2D eigenvalue weighted by Crippen LogP contribution is -2.06. The van der Waals surface area contributed by atoms with E-state index < -0.39 is 0 Å². The second-order valence-corrected chi connectivity index (χ2v) is 6.40. The van der Waals surface area contributed by atoms with Crippen molar-refractivity contribution in [2.24, 2.45) is 5.10 Å². The first-order valence-corrected chi connectivity index (χ1v) is 9.11. The van der Waals surface area contributed by atoms with Crippen molar-refractivity contribution >= 4 is 22.7 Å². The highest BCUT2D eigenvalue weighted by Gasteiger charge is 2.09. The fraction of sp³-hybridized carbons (Fsp3) is 0.278. The number of hydrazone groups is 1. The van der Waals surface area contributed by atoms with Crippen LogP contribution in [-0.2, 0) is 6.54 Å². The Morgan fingerprint density at radius 2 is 2.31 bits per heavy atom. The first-order chi connectivity index (χ1) is 12.8. The van der Waals surface area contributed by atoms with Gasteiger partial charge in [0.1, 0.15) is 0 Å². The molecule has 0 atom stereocenters. The van der Waals surface area contributed by atoms with Crippen LogP contribution >= 0.6 is 11.3 Å². The number of methoxy groups -OCH3 is 1. The predicted molar refractivity (Wildman–Crippen MR) is 103 cm³/mol. The minimum absolute atomic E-state index is 0.568. The molecule has 26 heavy (non-hydrogen) atoms. The largest absolute Gasteiger partial charge is 0.493 e. The van der Waals surface area contributed by atoms with Crippen molar-refractivity contribution in [3.8, 4) is 11.5 Å². The smallest absolute Gasteiger partial charge is 0.203 e. The third-order valence-electron chi connectivity index (χ3n) is 3.58. The summed E-state index contributed by atoms with van der Waals surface area (Å²) in [5.41, 5.74) is 4.74. The van der Waals surface area contributed by atoms with E-state index in [0.717, 1.165) is 29.4 Å². The summed E-state index contributed by atoms with van der Waals surface area (Å²) in [5.74, 6) is 1.36. The van der Waals surface area contributed by atoms with Crippen molar-refractivity contribution in [1.82, 2.24) is 14.5 Å². The van der Waals surface area contributed by atoms with E-state index in [0.29, 0.717) is 18.1 Å². The van der Waals surface area contributed by atoms with Crippen LogP contribution in [0.3, 0.4) is 0 Å². The first kappa shape index (κ1) is 17.9. The van der Waals surface area contributed by atoms with Crippen LogP contribution in [0.2, 0.25) is 0 Å². The minimum Gasteiger partial charge on any atom is -0.493 e. The normalized spacial score (nSPS) is 11.0. The molecular formula is C18H21N5O2S. The summed E-state index contributed by atoms with van der Waals surface area (Å²) in [5, 5.41) is 6.98. The Morgan fingerprint density at radius 1 is 1.38 bits per heavy atom. The van der Waals surface area contributed by atoms with Gasteiger partial charge in [0.25, 0.3) is 0 Å². The Balaban J connectivity index is 1.62. The number of hydrogen-bond donors (Lipinski definition) is 1. The monoisotopic (exact) mass is 371 g/mol. The van der Waals surface area contributed by atoms with Gasteiger partial charge in [-0.1, -0.05) is 6.07 Å². The van der Waals surface area contributed by atoms with Gasteiger partial charge in [-0.3, -0.25) is 5.43 Å². The van der Waals surface area contributed by atoms with Gasteiger partial charge >= 0.3 is 0 Å². The molecule has 0 aliphatic heterocycles. The maximum atomic E-state index is 5.97. The van der Waals surface area contributed by atoms with E-state index in [1.54, 1.807) is 25.8 Å². The number of para-hydroxylation sites is 1. The van der Waals surface area contributed by atoms with Crippen LogP contribution in [0.5, 0.6) is 11.5 Å². The Hall–Kier alpha value is -2.87. The summed E-state index contributed by atoms with van der Waals surface area (Å²) in [4.78, 5) is 8.35. The minimum atomic E-state index is 0.568. The second-order valence-electron chi connectivity index (χ2n) is 5.55. The van der Waals surface area contributed by atoms with Gasteiger partial charge in [0, 0.05) is 29.9 Å². The third kappa shape index (κ3) is 4.82. The Kier molecular flexibility index (Phi) is 6.21. The topological polar surface area (TPSA) is 73.6 Å². The summed E-state index contributed by atoms with van der Waals surface area (Å²) in [7, 11) is 1.63. The number of aromatic nitrogens is 3. The maximum Gasteiger partial charge on any atom is 0.203 e. The lowest BCUT2D eigenvalue weighted by atomic mass is 10.2. The molecule has 1 N–H and O–H groups in total. The number of rotatable bonds is 9. The molecule has 3 rings (SSSR count). The molecule has 0 amide bonds. The first-order valence-electron chi connectivity index (χ1n) is 8.23. The maximum absolute atomic E-state index is 5.97. The van der Waals surface area contributed by atoms with Crippen LogP contribution in [0.1, 0.15) is 17.7 Å². The Labute approximate surface area is 156 Å². The lowest BCUT2D eigenvalue weighted by Gasteiger charge is -2.13. The van der Waals surface area contributed by atoms with Crippen LogP contribution < -0.4 is 14.9 Å². The lowest BCUT2D eigenvalue weighted by molar-refractivity contribution is 0.282. The Bertz CT molecular complexity index is 845. The van der Waals surface area contributed by atoms with Gasteiger partial charge in [0.15, 0.2) is 11.5 Å². The number of aryl methyl sites for hydroxylation is 2. The molecule has 0 fully saturated rings.